The molecule has 79 heavy (non-hydrogen) atoms. The molecule has 0 aliphatic carbocycles. The second-order valence-electron chi connectivity index (χ2n) is 17.3. The van der Waals surface area contributed by atoms with Crippen LogP contribution in [-0.4, -0.2) is 131 Å². The number of carboxylic acid groups (broad SMARTS) is 1. The Kier molecular flexibility index (Phi) is 21.7. The van der Waals surface area contributed by atoms with Gasteiger partial charge in [-0.15, -0.1) is 0 Å². The lowest BCUT2D eigenvalue weighted by atomic mass is 10.1. The van der Waals surface area contributed by atoms with Crippen LogP contribution >= 0.6 is 0 Å². The highest BCUT2D eigenvalue weighted by atomic mass is 32.2. The molecule has 4 aromatic heterocycles. The summed E-state index contributed by atoms with van der Waals surface area (Å²) in [4.78, 5) is 35.6. The molecule has 6 N–H and O–H groups in total. The first kappa shape index (κ1) is 60.6. The summed E-state index contributed by atoms with van der Waals surface area (Å²) in [6, 6.07) is 27.9. The quantitative estimate of drug-likeness (QED) is 0.0416. The van der Waals surface area contributed by atoms with Crippen LogP contribution in [0.4, 0.5) is 5.82 Å². The van der Waals surface area contributed by atoms with Crippen LogP contribution in [0.5, 0.6) is 17.6 Å². The molecule has 420 valence electrons. The van der Waals surface area contributed by atoms with Crippen LogP contribution in [0.25, 0.3) is 23.0 Å². The summed E-state index contributed by atoms with van der Waals surface area (Å²) < 4.78 is 112. The number of nitrogens with zero attached hydrogens (tertiary/aromatic N) is 6. The van der Waals surface area contributed by atoms with E-state index in [1.165, 1.54) is 42.5 Å². The zero-order valence-corrected chi connectivity index (χ0v) is 45.3. The zero-order chi connectivity index (χ0) is 57.2. The lowest BCUT2D eigenvalue weighted by molar-refractivity contribution is -0.136. The molecule has 2 aliphatic heterocycles. The summed E-state index contributed by atoms with van der Waals surface area (Å²) in [5.41, 5.74) is 5.69. The number of benzene rings is 3. The minimum absolute atomic E-state index is 0.0230. The van der Waals surface area contributed by atoms with Crippen LogP contribution in [-0.2, 0) is 66.9 Å². The molecule has 0 saturated carbocycles. The van der Waals surface area contributed by atoms with Gasteiger partial charge < -0.3 is 43.8 Å². The number of carboxylic acids is 1. The Bertz CT molecular complexity index is 3380. The molecule has 0 radical (unpaired) electrons. The number of rotatable bonds is 17. The predicted octanol–water partition coefficient (Wildman–Crippen LogP) is 6.55. The van der Waals surface area contributed by atoms with Crippen molar-refractivity contribution in [1.29, 1.82) is 0 Å². The first-order valence-electron chi connectivity index (χ1n) is 24.1. The summed E-state index contributed by atoms with van der Waals surface area (Å²) >= 11 is 0. The van der Waals surface area contributed by atoms with Gasteiger partial charge in [-0.05, 0) is 105 Å². The molecule has 0 spiro atoms. The monoisotopic (exact) mass is 1150 g/mol. The molecular formula is C52H57N7O17S3. The second kappa shape index (κ2) is 28.3. The molecule has 3 aromatic carbocycles. The maximum Gasteiger partial charge on any atom is 0.340 e. The Balaban J connectivity index is 0.000000195. The number of nitrogens with one attached hydrogen (secondary N) is 1. The third kappa shape index (κ3) is 20.3. The highest BCUT2D eigenvalue weighted by Gasteiger charge is 2.21. The summed E-state index contributed by atoms with van der Waals surface area (Å²) in [5.74, 6) is -1.29. The number of carbonyl (C=O) groups is 1. The molecule has 6 heterocycles. The van der Waals surface area contributed by atoms with E-state index in [0.29, 0.717) is 50.7 Å². The number of aliphatic carboxylic acids is 1. The van der Waals surface area contributed by atoms with Gasteiger partial charge in [-0.3, -0.25) is 23.9 Å². The molecule has 27 heteroatoms. The van der Waals surface area contributed by atoms with Crippen molar-refractivity contribution < 1.29 is 77.6 Å². The van der Waals surface area contributed by atoms with Gasteiger partial charge >= 0.3 is 16.1 Å². The average Bonchev–Trinajstić information content (AvgIpc) is 4.15. The molecule has 2 fully saturated rings. The van der Waals surface area contributed by atoms with Crippen LogP contribution in [0.3, 0.4) is 0 Å². The Hall–Kier alpha value is -7.60. The lowest BCUT2D eigenvalue weighted by Crippen LogP contribution is -2.13. The number of aryl methyl sites for hydroxylation is 5. The van der Waals surface area contributed by atoms with E-state index < -0.39 is 36.3 Å². The van der Waals surface area contributed by atoms with Gasteiger partial charge in [-0.2, -0.15) is 40.2 Å². The van der Waals surface area contributed by atoms with Crippen molar-refractivity contribution in [2.45, 2.75) is 80.1 Å². The van der Waals surface area contributed by atoms with Crippen molar-refractivity contribution >= 4 is 42.1 Å². The number of hydrogen-bond donors (Lipinski definition) is 6. The van der Waals surface area contributed by atoms with Gasteiger partial charge in [0.25, 0.3) is 20.2 Å². The minimum Gasteiger partial charge on any atom is -0.493 e. The molecule has 0 atom stereocenters. The minimum atomic E-state index is -4.17. The summed E-state index contributed by atoms with van der Waals surface area (Å²) in [7, 11) is -12.2. The molecule has 2 aliphatic rings. The van der Waals surface area contributed by atoms with Crippen LogP contribution in [0.15, 0.2) is 136 Å². The van der Waals surface area contributed by atoms with Crippen molar-refractivity contribution in [3.63, 3.8) is 0 Å². The average molecular weight is 1150 g/mol. The summed E-state index contributed by atoms with van der Waals surface area (Å²) in [6.45, 7) is 8.04. The fourth-order valence-electron chi connectivity index (χ4n) is 7.01. The molecule has 7 aromatic rings. The predicted molar refractivity (Wildman–Crippen MR) is 284 cm³/mol. The highest BCUT2D eigenvalue weighted by Crippen LogP contribution is 2.26. The summed E-state index contributed by atoms with van der Waals surface area (Å²) in [6.07, 6.45) is 5.57. The molecule has 0 amide bonds. The number of anilines is 1. The van der Waals surface area contributed by atoms with E-state index in [4.69, 9.17) is 37.3 Å². The van der Waals surface area contributed by atoms with E-state index in [0.717, 1.165) is 46.7 Å². The van der Waals surface area contributed by atoms with Gasteiger partial charge in [0, 0.05) is 37.8 Å². The maximum atomic E-state index is 12.8. The van der Waals surface area contributed by atoms with E-state index in [-0.39, 0.29) is 75.3 Å². The smallest absolute Gasteiger partial charge is 0.340 e. The van der Waals surface area contributed by atoms with Gasteiger partial charge in [-0.25, -0.2) is 4.98 Å². The maximum absolute atomic E-state index is 12.8. The largest absolute Gasteiger partial charge is 0.493 e. The molecule has 24 nitrogen and oxygen atoms in total. The first-order valence-corrected chi connectivity index (χ1v) is 28.4. The number of aromatic nitrogens is 6. The Morgan fingerprint density at radius 2 is 0.975 bits per heavy atom. The van der Waals surface area contributed by atoms with Gasteiger partial charge in [0.1, 0.15) is 22.1 Å². The van der Waals surface area contributed by atoms with E-state index in [1.807, 2.05) is 39.0 Å². The van der Waals surface area contributed by atoms with Crippen LogP contribution in [0, 0.1) is 20.8 Å². The number of hydrogen-bond acceptors (Lipinski definition) is 21. The lowest BCUT2D eigenvalue weighted by Gasteiger charge is -2.12. The molecule has 2 saturated heterocycles. The van der Waals surface area contributed by atoms with Gasteiger partial charge in [-0.1, -0.05) is 53.1 Å². The molecule has 0 bridgehead atoms. The van der Waals surface area contributed by atoms with E-state index in [1.54, 1.807) is 54.9 Å². The van der Waals surface area contributed by atoms with Gasteiger partial charge in [0.15, 0.2) is 24.2 Å². The van der Waals surface area contributed by atoms with Crippen LogP contribution in [0.2, 0.25) is 0 Å². The van der Waals surface area contributed by atoms with Gasteiger partial charge in [0.05, 0.1) is 48.7 Å². The molecule has 9 rings (SSSR count). The highest BCUT2D eigenvalue weighted by molar-refractivity contribution is 7.87. The third-order valence-electron chi connectivity index (χ3n) is 11.0. The van der Waals surface area contributed by atoms with Crippen molar-refractivity contribution in [1.82, 2.24) is 29.9 Å². The topological polar surface area (TPSA) is 356 Å². The van der Waals surface area contributed by atoms with Gasteiger partial charge in [0.2, 0.25) is 17.6 Å². The van der Waals surface area contributed by atoms with Crippen molar-refractivity contribution in [3.05, 3.63) is 149 Å². The normalized spacial score (nSPS) is 13.7. The van der Waals surface area contributed by atoms with E-state index >= 15 is 0 Å². The first-order chi connectivity index (χ1) is 37.5. The number of ether oxygens (including phenoxy) is 4. The Morgan fingerprint density at radius 3 is 1.38 bits per heavy atom. The second-order valence-corrected chi connectivity index (χ2v) is 21.7. The fraction of sp³-hybridized carbons (Fsp3) is 0.288. The summed E-state index contributed by atoms with van der Waals surface area (Å²) in [5, 5.41) is 30.6. The standard InChI is InChI=1S/C24H26N4O7S.C14H15N3O4.2C7H8O3S/c1-16-2-5-18(6-3-16)36(31,32)35-21-15-20(26-11-9-22(29)30)27-24(28-21)19-14-17(8-10-25-19)4-7-23-33-12-13-34-23;18-11-8-12(19)17-14(16-11)10-7-9(3-4-15-10)1-2-13-20-5-6-21-13;2*1-6-2-4-7(5-3-6)11(8,9)10/h2-3,5-6,8,10,14-15,23H,4,7,9,11-13H2,1H3,(H,29,30)(H,26,27,28);3-4,7-8,13H,1-2,5-6H2,(H2,16,17,18,19);2*2-5H,1H3,(H,8,9,10). The molecule has 0 unspecified atom stereocenters. The number of aromatic hydroxyl groups is 2. The Labute approximate surface area is 456 Å². The zero-order valence-electron chi connectivity index (χ0n) is 42.8. The fourth-order valence-corrected chi connectivity index (χ4v) is 8.85. The van der Waals surface area contributed by atoms with Crippen LogP contribution in [0.1, 0.15) is 47.1 Å². The van der Waals surface area contributed by atoms with Crippen molar-refractivity contribution in [2.75, 3.05) is 38.3 Å². The van der Waals surface area contributed by atoms with E-state index in [9.17, 15) is 40.3 Å². The van der Waals surface area contributed by atoms with E-state index in [2.05, 4.69) is 35.2 Å². The SMILES string of the molecule is Cc1ccc(S(=O)(=O)O)cc1.Cc1ccc(S(=O)(=O)O)cc1.Cc1ccc(S(=O)(=O)Oc2cc(NCCC(=O)O)nc(-c3cc(CCC4OCCO4)ccn3)n2)cc1.Oc1cc(O)nc(-c2cc(CCC3OCCO3)ccn2)n1. The molecular weight excluding hydrogens is 1090 g/mol. The van der Waals surface area contributed by atoms with Crippen molar-refractivity contribution in [3.8, 4) is 40.7 Å². The third-order valence-corrected chi connectivity index (χ3v) is 14.0. The van der Waals surface area contributed by atoms with Crippen molar-refractivity contribution in [2.24, 2.45) is 0 Å². The number of pyridine rings is 2. The van der Waals surface area contributed by atoms with Crippen LogP contribution < -0.4 is 9.50 Å². The Morgan fingerprint density at radius 1 is 0.570 bits per heavy atom.